The quantitative estimate of drug-likeness (QED) is 0.858. The van der Waals surface area contributed by atoms with Crippen LogP contribution in [0, 0.1) is 12.3 Å². The van der Waals surface area contributed by atoms with Gasteiger partial charge in [-0.05, 0) is 31.6 Å². The average molecular weight is 271 g/mol. The van der Waals surface area contributed by atoms with E-state index in [0.717, 1.165) is 19.3 Å². The molecule has 5 heteroatoms. The summed E-state index contributed by atoms with van der Waals surface area (Å²) in [7, 11) is 0. The van der Waals surface area contributed by atoms with E-state index < -0.39 is 5.69 Å². The Morgan fingerprint density at radius 3 is 2.50 bits per heavy atom. The molecular formula is C13H19ClN2O2. The molecule has 100 valence electrons. The van der Waals surface area contributed by atoms with Gasteiger partial charge in [0.05, 0.1) is 0 Å². The van der Waals surface area contributed by atoms with E-state index in [9.17, 15) is 9.59 Å². The highest BCUT2D eigenvalue weighted by Gasteiger charge is 2.33. The highest BCUT2D eigenvalue weighted by atomic mass is 35.5. The first-order valence-electron chi connectivity index (χ1n) is 6.48. The molecule has 0 atom stereocenters. The van der Waals surface area contributed by atoms with Crippen LogP contribution < -0.4 is 11.2 Å². The van der Waals surface area contributed by atoms with E-state index in [1.807, 2.05) is 0 Å². The molecule has 0 aliphatic heterocycles. The third-order valence-corrected chi connectivity index (χ3v) is 4.64. The molecule has 4 nitrogen and oxygen atoms in total. The summed E-state index contributed by atoms with van der Waals surface area (Å²) in [5, 5.41) is 0.151. The second-order valence-corrected chi connectivity index (χ2v) is 5.70. The number of aromatic amines is 1. The maximum Gasteiger partial charge on any atom is 0.329 e. The zero-order chi connectivity index (χ0) is 13.3. The summed E-state index contributed by atoms with van der Waals surface area (Å²) in [5.41, 5.74) is -0.129. The Bertz CT molecular complexity index is 553. The van der Waals surface area contributed by atoms with Crippen molar-refractivity contribution in [2.24, 2.45) is 5.41 Å². The van der Waals surface area contributed by atoms with E-state index in [2.05, 4.69) is 11.9 Å². The zero-order valence-corrected chi connectivity index (χ0v) is 11.6. The Hall–Kier alpha value is -1.03. The summed E-state index contributed by atoms with van der Waals surface area (Å²) in [6, 6.07) is 0. The molecule has 1 aromatic rings. The summed E-state index contributed by atoms with van der Waals surface area (Å²) >= 11 is 5.81. The summed E-state index contributed by atoms with van der Waals surface area (Å²) in [6.45, 7) is 4.29. The first-order chi connectivity index (χ1) is 8.49. The number of H-pyrrole nitrogens is 1. The maximum atomic E-state index is 12.1. The van der Waals surface area contributed by atoms with Gasteiger partial charge in [-0.1, -0.05) is 31.4 Å². The lowest BCUT2D eigenvalue weighted by molar-refractivity contribution is 0.230. The summed E-state index contributed by atoms with van der Waals surface area (Å²) in [6.07, 6.45) is 5.56. The van der Waals surface area contributed by atoms with E-state index in [-0.39, 0.29) is 16.1 Å². The maximum absolute atomic E-state index is 12.1. The molecule has 1 heterocycles. The Balaban J connectivity index is 2.44. The van der Waals surface area contributed by atoms with Gasteiger partial charge >= 0.3 is 5.69 Å². The van der Waals surface area contributed by atoms with Gasteiger partial charge in [0.1, 0.15) is 5.15 Å². The van der Waals surface area contributed by atoms with Crippen LogP contribution in [0.25, 0.3) is 0 Å². The van der Waals surface area contributed by atoms with Gasteiger partial charge < -0.3 is 0 Å². The molecule has 18 heavy (non-hydrogen) atoms. The van der Waals surface area contributed by atoms with Gasteiger partial charge in [0.25, 0.3) is 5.56 Å². The summed E-state index contributed by atoms with van der Waals surface area (Å²) in [4.78, 5) is 26.5. The molecule has 1 aliphatic rings. The third kappa shape index (κ3) is 2.26. The number of nitrogens with zero attached hydrogens (tertiary/aromatic N) is 1. The predicted octanol–water partition coefficient (Wildman–Crippen LogP) is 2.47. The lowest BCUT2D eigenvalue weighted by Gasteiger charge is -2.27. The fourth-order valence-electron chi connectivity index (χ4n) is 2.87. The van der Waals surface area contributed by atoms with E-state index in [1.54, 1.807) is 6.92 Å². The van der Waals surface area contributed by atoms with Gasteiger partial charge in [-0.15, -0.1) is 0 Å². The molecule has 2 rings (SSSR count). The van der Waals surface area contributed by atoms with Crippen molar-refractivity contribution in [1.29, 1.82) is 0 Å². The highest BCUT2D eigenvalue weighted by molar-refractivity contribution is 6.30. The van der Waals surface area contributed by atoms with Crippen LogP contribution in [0.1, 0.15) is 44.6 Å². The first-order valence-corrected chi connectivity index (χ1v) is 6.86. The van der Waals surface area contributed by atoms with Gasteiger partial charge in [-0.25, -0.2) is 4.79 Å². The molecule has 0 amide bonds. The van der Waals surface area contributed by atoms with E-state index in [4.69, 9.17) is 11.6 Å². The Kier molecular flexibility index (Phi) is 3.66. The lowest BCUT2D eigenvalue weighted by atomic mass is 9.83. The smallest absolute Gasteiger partial charge is 0.297 e. The molecule has 1 N–H and O–H groups in total. The molecule has 1 fully saturated rings. The predicted molar refractivity (Wildman–Crippen MR) is 72.3 cm³/mol. The van der Waals surface area contributed by atoms with Crippen LogP contribution in [-0.2, 0) is 6.54 Å². The molecule has 0 radical (unpaired) electrons. The monoisotopic (exact) mass is 270 g/mol. The fraction of sp³-hybridized carbons (Fsp3) is 0.692. The Labute approximate surface area is 111 Å². The van der Waals surface area contributed by atoms with Gasteiger partial charge in [-0.2, -0.15) is 0 Å². The van der Waals surface area contributed by atoms with Crippen LogP contribution in [0.2, 0.25) is 5.15 Å². The van der Waals surface area contributed by atoms with E-state index in [0.29, 0.717) is 12.1 Å². The highest BCUT2D eigenvalue weighted by Crippen LogP contribution is 2.41. The number of aromatic nitrogens is 2. The molecule has 0 bridgehead atoms. The molecular weight excluding hydrogens is 252 g/mol. The van der Waals surface area contributed by atoms with E-state index >= 15 is 0 Å². The van der Waals surface area contributed by atoms with Crippen LogP contribution in [0.15, 0.2) is 9.59 Å². The minimum Gasteiger partial charge on any atom is -0.297 e. The molecule has 1 aliphatic carbocycles. The Morgan fingerprint density at radius 1 is 1.33 bits per heavy atom. The van der Waals surface area contributed by atoms with Crippen molar-refractivity contribution >= 4 is 11.6 Å². The third-order valence-electron chi connectivity index (χ3n) is 4.26. The van der Waals surface area contributed by atoms with Crippen LogP contribution in [0.3, 0.4) is 0 Å². The van der Waals surface area contributed by atoms with Crippen molar-refractivity contribution in [2.75, 3.05) is 0 Å². The normalized spacial score (nSPS) is 18.2. The van der Waals surface area contributed by atoms with Crippen LogP contribution in [0.4, 0.5) is 0 Å². The molecule has 0 spiro atoms. The largest absolute Gasteiger partial charge is 0.329 e. The second-order valence-electron chi connectivity index (χ2n) is 5.32. The van der Waals surface area contributed by atoms with Crippen molar-refractivity contribution in [3.05, 3.63) is 31.6 Å². The number of halogens is 1. The number of rotatable bonds is 3. The summed E-state index contributed by atoms with van der Waals surface area (Å²) in [5.74, 6) is 0. The SMILES string of the molecule is CCC1(Cn2c(=O)[nH]c(Cl)c(C)c2=O)CCCC1. The van der Waals surface area contributed by atoms with E-state index in [1.165, 1.54) is 17.4 Å². The minimum absolute atomic E-state index is 0.108. The standard InChI is InChI=1S/C13H19ClN2O2/c1-3-13(6-4-5-7-13)8-16-11(17)9(2)10(14)15-12(16)18/h3-8H2,1-2H3,(H,15,18). The van der Waals surface area contributed by atoms with Gasteiger partial charge in [0.2, 0.25) is 0 Å². The lowest BCUT2D eigenvalue weighted by Crippen LogP contribution is -2.41. The van der Waals surface area contributed by atoms with Crippen molar-refractivity contribution in [3.63, 3.8) is 0 Å². The molecule has 1 saturated carbocycles. The van der Waals surface area contributed by atoms with Crippen LogP contribution >= 0.6 is 11.6 Å². The van der Waals surface area contributed by atoms with Gasteiger partial charge in [0.15, 0.2) is 0 Å². The number of hydrogen-bond acceptors (Lipinski definition) is 2. The van der Waals surface area contributed by atoms with Crippen molar-refractivity contribution in [3.8, 4) is 0 Å². The zero-order valence-electron chi connectivity index (χ0n) is 10.9. The van der Waals surface area contributed by atoms with Crippen molar-refractivity contribution in [1.82, 2.24) is 9.55 Å². The minimum atomic E-state index is -0.393. The number of hydrogen-bond donors (Lipinski definition) is 1. The second kappa shape index (κ2) is 4.92. The Morgan fingerprint density at radius 2 is 1.94 bits per heavy atom. The molecule has 1 aromatic heterocycles. The average Bonchev–Trinajstić information content (AvgIpc) is 2.81. The molecule has 0 aromatic carbocycles. The fourth-order valence-corrected chi connectivity index (χ4v) is 3.03. The molecule has 0 saturated heterocycles. The van der Waals surface area contributed by atoms with Crippen LogP contribution in [0.5, 0.6) is 0 Å². The first kappa shape index (κ1) is 13.4. The summed E-state index contributed by atoms with van der Waals surface area (Å²) < 4.78 is 1.32. The van der Waals surface area contributed by atoms with Gasteiger partial charge in [-0.3, -0.25) is 14.3 Å². The topological polar surface area (TPSA) is 54.9 Å². The van der Waals surface area contributed by atoms with Crippen LogP contribution in [-0.4, -0.2) is 9.55 Å². The van der Waals surface area contributed by atoms with Crippen molar-refractivity contribution < 1.29 is 0 Å². The molecule has 0 unspecified atom stereocenters. The van der Waals surface area contributed by atoms with Gasteiger partial charge in [0, 0.05) is 12.1 Å². The number of nitrogens with one attached hydrogen (secondary N) is 1. The van der Waals surface area contributed by atoms with Crippen molar-refractivity contribution in [2.45, 2.75) is 52.5 Å².